The fourth-order valence-electron chi connectivity index (χ4n) is 2.05. The standard InChI is InChI=1S/C13H20N2O3/c1-6-14-12(16)10-8(3)11(13(17)18-7-2)15(5)9(10)4/h6-7H2,1-5H3,(H,14,16). The van der Waals surface area contributed by atoms with Crippen molar-refractivity contribution in [2.45, 2.75) is 27.7 Å². The molecule has 5 nitrogen and oxygen atoms in total. The van der Waals surface area contributed by atoms with Gasteiger partial charge in [0.2, 0.25) is 0 Å². The molecule has 1 aromatic rings. The zero-order chi connectivity index (χ0) is 13.9. The van der Waals surface area contributed by atoms with Crippen LogP contribution in [0.3, 0.4) is 0 Å². The highest BCUT2D eigenvalue weighted by Gasteiger charge is 2.25. The van der Waals surface area contributed by atoms with Gasteiger partial charge in [-0.1, -0.05) is 0 Å². The lowest BCUT2D eigenvalue weighted by molar-refractivity contribution is 0.0514. The van der Waals surface area contributed by atoms with Crippen molar-refractivity contribution in [2.24, 2.45) is 7.05 Å². The van der Waals surface area contributed by atoms with E-state index in [0.29, 0.717) is 30.0 Å². The van der Waals surface area contributed by atoms with Crippen LogP contribution in [0.5, 0.6) is 0 Å². The third-order valence-corrected chi connectivity index (χ3v) is 2.96. The first kappa shape index (κ1) is 14.3. The Kier molecular flexibility index (Phi) is 4.53. The Labute approximate surface area is 107 Å². The molecule has 5 heteroatoms. The number of nitrogens with zero attached hydrogens (tertiary/aromatic N) is 1. The molecular formula is C13H20N2O3. The molecule has 0 saturated carbocycles. The molecule has 1 aromatic heterocycles. The van der Waals surface area contributed by atoms with Gasteiger partial charge in [0.1, 0.15) is 5.69 Å². The summed E-state index contributed by atoms with van der Waals surface area (Å²) in [4.78, 5) is 23.8. The van der Waals surface area contributed by atoms with Gasteiger partial charge in [-0.25, -0.2) is 4.79 Å². The first-order chi connectivity index (χ1) is 8.45. The summed E-state index contributed by atoms with van der Waals surface area (Å²) < 4.78 is 6.71. The van der Waals surface area contributed by atoms with E-state index in [1.54, 1.807) is 25.5 Å². The average molecular weight is 252 g/mol. The summed E-state index contributed by atoms with van der Waals surface area (Å²) in [5, 5.41) is 2.75. The first-order valence-corrected chi connectivity index (χ1v) is 6.06. The molecule has 0 bridgehead atoms. The molecule has 0 aliphatic heterocycles. The number of esters is 1. The quantitative estimate of drug-likeness (QED) is 0.827. The number of carbonyl (C=O) groups is 2. The molecule has 1 rings (SSSR count). The van der Waals surface area contributed by atoms with Crippen molar-refractivity contribution in [3.63, 3.8) is 0 Å². The highest BCUT2D eigenvalue weighted by Crippen LogP contribution is 2.21. The normalized spacial score (nSPS) is 10.3. The lowest BCUT2D eigenvalue weighted by Crippen LogP contribution is -2.23. The van der Waals surface area contributed by atoms with Crippen molar-refractivity contribution < 1.29 is 14.3 Å². The second-order valence-electron chi connectivity index (χ2n) is 4.07. The molecular weight excluding hydrogens is 232 g/mol. The summed E-state index contributed by atoms with van der Waals surface area (Å²) in [6, 6.07) is 0. The highest BCUT2D eigenvalue weighted by atomic mass is 16.5. The lowest BCUT2D eigenvalue weighted by atomic mass is 10.1. The highest BCUT2D eigenvalue weighted by molar-refractivity contribution is 6.01. The Morgan fingerprint density at radius 1 is 1.28 bits per heavy atom. The maximum Gasteiger partial charge on any atom is 0.355 e. The number of carbonyl (C=O) groups excluding carboxylic acids is 2. The van der Waals surface area contributed by atoms with Gasteiger partial charge < -0.3 is 14.6 Å². The minimum Gasteiger partial charge on any atom is -0.461 e. The van der Waals surface area contributed by atoms with Crippen LogP contribution in [-0.2, 0) is 11.8 Å². The maximum absolute atomic E-state index is 12.0. The summed E-state index contributed by atoms with van der Waals surface area (Å²) in [6.45, 7) is 8.08. The molecule has 1 heterocycles. The molecule has 0 radical (unpaired) electrons. The van der Waals surface area contributed by atoms with E-state index in [9.17, 15) is 9.59 Å². The number of aromatic nitrogens is 1. The Hall–Kier alpha value is -1.78. The minimum absolute atomic E-state index is 0.154. The molecule has 0 spiro atoms. The number of hydrogen-bond donors (Lipinski definition) is 1. The Morgan fingerprint density at radius 2 is 1.89 bits per heavy atom. The average Bonchev–Trinajstić information content (AvgIpc) is 2.51. The molecule has 0 atom stereocenters. The predicted octanol–water partition coefficient (Wildman–Crippen LogP) is 1.57. The molecule has 100 valence electrons. The fourth-order valence-corrected chi connectivity index (χ4v) is 2.05. The van der Waals surface area contributed by atoms with Crippen LogP contribution in [0.15, 0.2) is 0 Å². The third-order valence-electron chi connectivity index (χ3n) is 2.96. The minimum atomic E-state index is -0.392. The molecule has 18 heavy (non-hydrogen) atoms. The number of hydrogen-bond acceptors (Lipinski definition) is 3. The summed E-state index contributed by atoms with van der Waals surface area (Å²) >= 11 is 0. The van der Waals surface area contributed by atoms with Gasteiger partial charge in [-0.15, -0.1) is 0 Å². The summed E-state index contributed by atoms with van der Waals surface area (Å²) in [7, 11) is 1.76. The smallest absolute Gasteiger partial charge is 0.355 e. The van der Waals surface area contributed by atoms with Crippen molar-refractivity contribution in [1.29, 1.82) is 0 Å². The van der Waals surface area contributed by atoms with Gasteiger partial charge in [-0.3, -0.25) is 4.79 Å². The maximum atomic E-state index is 12.0. The molecule has 0 aromatic carbocycles. The van der Waals surface area contributed by atoms with Crippen LogP contribution in [0.1, 0.15) is 46.0 Å². The number of rotatable bonds is 4. The van der Waals surface area contributed by atoms with E-state index in [1.807, 2.05) is 13.8 Å². The van der Waals surface area contributed by atoms with Gasteiger partial charge in [0.25, 0.3) is 5.91 Å². The first-order valence-electron chi connectivity index (χ1n) is 6.06. The Balaban J connectivity index is 3.28. The monoisotopic (exact) mass is 252 g/mol. The van der Waals surface area contributed by atoms with E-state index in [4.69, 9.17) is 4.74 Å². The van der Waals surface area contributed by atoms with E-state index < -0.39 is 5.97 Å². The van der Waals surface area contributed by atoms with Crippen LogP contribution in [-0.4, -0.2) is 29.6 Å². The predicted molar refractivity (Wildman–Crippen MR) is 68.9 cm³/mol. The molecule has 0 fully saturated rings. The van der Waals surface area contributed by atoms with Crippen molar-refractivity contribution in [1.82, 2.24) is 9.88 Å². The fraction of sp³-hybridized carbons (Fsp3) is 0.538. The number of nitrogens with one attached hydrogen (secondary N) is 1. The molecule has 0 saturated heterocycles. The zero-order valence-electron chi connectivity index (χ0n) is 11.6. The van der Waals surface area contributed by atoms with Crippen molar-refractivity contribution in [3.05, 3.63) is 22.5 Å². The second-order valence-corrected chi connectivity index (χ2v) is 4.07. The van der Waals surface area contributed by atoms with Crippen LogP contribution < -0.4 is 5.32 Å². The summed E-state index contributed by atoms with van der Waals surface area (Å²) in [5.41, 5.74) is 2.43. The van der Waals surface area contributed by atoms with Crippen LogP contribution in [0, 0.1) is 13.8 Å². The molecule has 0 aliphatic carbocycles. The SMILES string of the molecule is CCNC(=O)c1c(C)c(C(=O)OCC)n(C)c1C. The molecule has 0 unspecified atom stereocenters. The van der Waals surface area contributed by atoms with E-state index in [1.165, 1.54) is 0 Å². The van der Waals surface area contributed by atoms with E-state index in [0.717, 1.165) is 5.69 Å². The zero-order valence-corrected chi connectivity index (χ0v) is 11.6. The number of amides is 1. The van der Waals surface area contributed by atoms with Crippen LogP contribution in [0.25, 0.3) is 0 Å². The van der Waals surface area contributed by atoms with Gasteiger partial charge in [0, 0.05) is 19.3 Å². The lowest BCUT2D eigenvalue weighted by Gasteiger charge is -2.05. The van der Waals surface area contributed by atoms with Crippen LogP contribution in [0.2, 0.25) is 0 Å². The van der Waals surface area contributed by atoms with Crippen LogP contribution in [0.4, 0.5) is 0 Å². The van der Waals surface area contributed by atoms with Crippen LogP contribution >= 0.6 is 0 Å². The van der Waals surface area contributed by atoms with Crippen molar-refractivity contribution in [3.8, 4) is 0 Å². The van der Waals surface area contributed by atoms with Gasteiger partial charge in [0.15, 0.2) is 0 Å². The van der Waals surface area contributed by atoms with Gasteiger partial charge in [-0.2, -0.15) is 0 Å². The second kappa shape index (κ2) is 5.71. The number of ether oxygens (including phenoxy) is 1. The Morgan fingerprint density at radius 3 is 2.39 bits per heavy atom. The topological polar surface area (TPSA) is 60.3 Å². The van der Waals surface area contributed by atoms with Gasteiger partial charge in [0.05, 0.1) is 12.2 Å². The van der Waals surface area contributed by atoms with Gasteiger partial charge >= 0.3 is 5.97 Å². The van der Waals surface area contributed by atoms with Gasteiger partial charge in [-0.05, 0) is 33.3 Å². The third kappa shape index (κ3) is 2.39. The molecule has 1 amide bonds. The van der Waals surface area contributed by atoms with E-state index >= 15 is 0 Å². The van der Waals surface area contributed by atoms with E-state index in [2.05, 4.69) is 5.32 Å². The largest absolute Gasteiger partial charge is 0.461 e. The molecule has 1 N–H and O–H groups in total. The van der Waals surface area contributed by atoms with Crippen molar-refractivity contribution in [2.75, 3.05) is 13.2 Å². The summed E-state index contributed by atoms with van der Waals surface area (Å²) in [5.74, 6) is -0.546. The summed E-state index contributed by atoms with van der Waals surface area (Å²) in [6.07, 6.45) is 0. The van der Waals surface area contributed by atoms with Crippen molar-refractivity contribution >= 4 is 11.9 Å². The molecule has 0 aliphatic rings. The van der Waals surface area contributed by atoms with E-state index in [-0.39, 0.29) is 5.91 Å². The Bertz CT molecular complexity index is 434.